The molecule has 3 heterocycles. The van der Waals surface area contributed by atoms with Crippen LogP contribution in [-0.2, 0) is 10.0 Å². The minimum absolute atomic E-state index is 0.000354. The number of imide groups is 1. The van der Waals surface area contributed by atoms with Crippen molar-refractivity contribution >= 4 is 39.6 Å². The SMILES string of the molecule is CS(=O)(=O)N1CCN(C(=O)NC2CCN(c3cnsn3)CC2)C1=O. The van der Waals surface area contributed by atoms with Gasteiger partial charge in [0.25, 0.3) is 0 Å². The number of amides is 4. The Balaban J connectivity index is 1.52. The standard InChI is InChI=1S/C12H18N6O4S2/c1-24(21,22)18-7-6-17(12(18)20)11(19)14-9-2-4-16(5-3-9)10-8-13-23-15-10/h8-9H,2-7H2,1H3,(H,14,19). The third-order valence-corrected chi connectivity index (χ3v) is 5.72. The molecule has 0 aromatic carbocycles. The van der Waals surface area contributed by atoms with Crippen LogP contribution in [0.15, 0.2) is 6.20 Å². The van der Waals surface area contributed by atoms with Crippen molar-refractivity contribution in [1.82, 2.24) is 23.3 Å². The van der Waals surface area contributed by atoms with Crippen LogP contribution in [0.1, 0.15) is 12.8 Å². The summed E-state index contributed by atoms with van der Waals surface area (Å²) >= 11 is 1.15. The van der Waals surface area contributed by atoms with E-state index in [1.807, 2.05) is 0 Å². The van der Waals surface area contributed by atoms with Gasteiger partial charge in [-0.25, -0.2) is 27.2 Å². The number of rotatable bonds is 3. The number of anilines is 1. The Bertz CT molecular complexity index is 714. The number of sulfonamides is 1. The van der Waals surface area contributed by atoms with E-state index in [-0.39, 0.29) is 19.1 Å². The highest BCUT2D eigenvalue weighted by molar-refractivity contribution is 7.88. The van der Waals surface area contributed by atoms with Gasteiger partial charge in [0.1, 0.15) is 0 Å². The fourth-order valence-electron chi connectivity index (χ4n) is 2.82. The molecule has 0 spiro atoms. The van der Waals surface area contributed by atoms with E-state index in [1.165, 1.54) is 0 Å². The van der Waals surface area contributed by atoms with Gasteiger partial charge in [0.15, 0.2) is 5.82 Å². The van der Waals surface area contributed by atoms with E-state index in [0.717, 1.165) is 54.6 Å². The summed E-state index contributed by atoms with van der Waals surface area (Å²) in [5.41, 5.74) is 0. The minimum Gasteiger partial charge on any atom is -0.354 e. The van der Waals surface area contributed by atoms with Crippen molar-refractivity contribution in [2.75, 3.05) is 37.3 Å². The summed E-state index contributed by atoms with van der Waals surface area (Å²) in [5, 5.41) is 2.81. The topological polar surface area (TPSA) is 116 Å². The van der Waals surface area contributed by atoms with Crippen molar-refractivity contribution in [2.45, 2.75) is 18.9 Å². The summed E-state index contributed by atoms with van der Waals surface area (Å²) in [6, 6.07) is -1.39. The van der Waals surface area contributed by atoms with E-state index in [9.17, 15) is 18.0 Å². The number of hydrogen-bond acceptors (Lipinski definition) is 8. The number of carbonyl (C=O) groups is 2. The van der Waals surface area contributed by atoms with Gasteiger partial charge in [0.2, 0.25) is 10.0 Å². The van der Waals surface area contributed by atoms with Crippen LogP contribution in [0, 0.1) is 0 Å². The molecule has 4 amide bonds. The Labute approximate surface area is 143 Å². The molecule has 2 saturated heterocycles. The molecule has 0 unspecified atom stereocenters. The fraction of sp³-hybridized carbons (Fsp3) is 0.667. The Kier molecular flexibility index (Phi) is 4.58. The predicted octanol–water partition coefficient (Wildman–Crippen LogP) is -0.0863. The maximum absolute atomic E-state index is 12.2. The normalized spacial score (nSPS) is 19.9. The number of carbonyl (C=O) groups excluding carboxylic acids is 2. The summed E-state index contributed by atoms with van der Waals surface area (Å²) < 4.78 is 31.8. The lowest BCUT2D eigenvalue weighted by Crippen LogP contribution is -2.50. The van der Waals surface area contributed by atoms with E-state index in [1.54, 1.807) is 6.20 Å². The fourth-order valence-corrected chi connectivity index (χ4v) is 4.05. The van der Waals surface area contributed by atoms with E-state index in [4.69, 9.17) is 0 Å². The molecule has 2 aliphatic rings. The second-order valence-electron chi connectivity index (χ2n) is 5.75. The molecule has 1 aromatic rings. The van der Waals surface area contributed by atoms with Crippen molar-refractivity contribution in [3.63, 3.8) is 0 Å². The first-order chi connectivity index (χ1) is 11.4. The zero-order valence-corrected chi connectivity index (χ0v) is 14.7. The summed E-state index contributed by atoms with van der Waals surface area (Å²) in [5.74, 6) is 0.836. The monoisotopic (exact) mass is 374 g/mol. The van der Waals surface area contributed by atoms with Gasteiger partial charge in [-0.3, -0.25) is 0 Å². The molecule has 12 heteroatoms. The van der Waals surface area contributed by atoms with Gasteiger partial charge in [0.05, 0.1) is 37.3 Å². The molecular formula is C12H18N6O4S2. The van der Waals surface area contributed by atoms with E-state index in [0.29, 0.717) is 4.31 Å². The van der Waals surface area contributed by atoms with Crippen molar-refractivity contribution in [2.24, 2.45) is 0 Å². The second-order valence-corrected chi connectivity index (χ2v) is 8.21. The van der Waals surface area contributed by atoms with Crippen LogP contribution < -0.4 is 10.2 Å². The number of aromatic nitrogens is 2. The van der Waals surface area contributed by atoms with Gasteiger partial charge in [-0.2, -0.15) is 8.75 Å². The first-order valence-electron chi connectivity index (χ1n) is 7.48. The smallest absolute Gasteiger partial charge is 0.341 e. The van der Waals surface area contributed by atoms with Crippen LogP contribution in [0.3, 0.4) is 0 Å². The number of hydrogen-bond donors (Lipinski definition) is 1. The van der Waals surface area contributed by atoms with E-state index in [2.05, 4.69) is 19.0 Å². The molecule has 1 N–H and O–H groups in total. The molecule has 24 heavy (non-hydrogen) atoms. The molecule has 2 fully saturated rings. The molecule has 10 nitrogen and oxygen atoms in total. The van der Waals surface area contributed by atoms with Crippen LogP contribution in [0.25, 0.3) is 0 Å². The zero-order valence-electron chi connectivity index (χ0n) is 13.1. The summed E-state index contributed by atoms with van der Waals surface area (Å²) in [6.07, 6.45) is 4.11. The number of urea groups is 2. The van der Waals surface area contributed by atoms with E-state index >= 15 is 0 Å². The minimum atomic E-state index is -3.64. The molecule has 0 saturated carbocycles. The lowest BCUT2D eigenvalue weighted by Gasteiger charge is -2.32. The highest BCUT2D eigenvalue weighted by Crippen LogP contribution is 2.19. The molecule has 0 atom stereocenters. The van der Waals surface area contributed by atoms with Crippen molar-refractivity contribution in [3.05, 3.63) is 6.20 Å². The summed E-state index contributed by atoms with van der Waals surface area (Å²) in [4.78, 5) is 27.3. The Morgan fingerprint density at radius 1 is 1.29 bits per heavy atom. The molecule has 1 aromatic heterocycles. The summed E-state index contributed by atoms with van der Waals surface area (Å²) in [6.45, 7) is 1.54. The van der Waals surface area contributed by atoms with Crippen LogP contribution >= 0.6 is 11.7 Å². The average Bonchev–Trinajstić information content (AvgIpc) is 3.16. The van der Waals surface area contributed by atoms with E-state index < -0.39 is 22.1 Å². The van der Waals surface area contributed by atoms with Crippen LogP contribution in [0.4, 0.5) is 15.4 Å². The first kappa shape index (κ1) is 16.9. The first-order valence-corrected chi connectivity index (χ1v) is 10.1. The highest BCUT2D eigenvalue weighted by atomic mass is 32.2. The maximum Gasteiger partial charge on any atom is 0.341 e. The maximum atomic E-state index is 12.2. The van der Waals surface area contributed by atoms with Crippen LogP contribution in [-0.4, -0.2) is 76.9 Å². The molecule has 0 radical (unpaired) electrons. The van der Waals surface area contributed by atoms with Gasteiger partial charge in [0, 0.05) is 19.1 Å². The number of nitrogens with one attached hydrogen (secondary N) is 1. The lowest BCUT2D eigenvalue weighted by molar-refractivity contribution is 0.190. The van der Waals surface area contributed by atoms with Gasteiger partial charge >= 0.3 is 12.1 Å². The van der Waals surface area contributed by atoms with Gasteiger partial charge < -0.3 is 10.2 Å². The van der Waals surface area contributed by atoms with Gasteiger partial charge in [-0.15, -0.1) is 0 Å². The highest BCUT2D eigenvalue weighted by Gasteiger charge is 2.38. The molecule has 0 aliphatic carbocycles. The van der Waals surface area contributed by atoms with Gasteiger partial charge in [-0.1, -0.05) is 0 Å². The van der Waals surface area contributed by atoms with Crippen LogP contribution in [0.2, 0.25) is 0 Å². The second kappa shape index (κ2) is 6.51. The quantitative estimate of drug-likeness (QED) is 0.786. The average molecular weight is 374 g/mol. The largest absolute Gasteiger partial charge is 0.354 e. The van der Waals surface area contributed by atoms with Crippen molar-refractivity contribution in [3.8, 4) is 0 Å². The van der Waals surface area contributed by atoms with Crippen molar-refractivity contribution in [1.29, 1.82) is 0 Å². The third kappa shape index (κ3) is 3.43. The Morgan fingerprint density at radius 2 is 2.00 bits per heavy atom. The van der Waals surface area contributed by atoms with Gasteiger partial charge in [-0.05, 0) is 12.8 Å². The lowest BCUT2D eigenvalue weighted by atomic mass is 10.1. The molecule has 3 rings (SSSR count). The molecule has 132 valence electrons. The Morgan fingerprint density at radius 3 is 2.54 bits per heavy atom. The van der Waals surface area contributed by atoms with Crippen LogP contribution in [0.5, 0.6) is 0 Å². The number of nitrogens with zero attached hydrogens (tertiary/aromatic N) is 5. The molecule has 0 bridgehead atoms. The molecule has 2 aliphatic heterocycles. The zero-order chi connectivity index (χ0) is 17.3. The third-order valence-electron chi connectivity index (χ3n) is 4.11. The van der Waals surface area contributed by atoms with Crippen molar-refractivity contribution < 1.29 is 18.0 Å². The molecular weight excluding hydrogens is 356 g/mol. The Hall–Kier alpha value is -1.95. The predicted molar refractivity (Wildman–Crippen MR) is 87.3 cm³/mol. The summed E-state index contributed by atoms with van der Waals surface area (Å²) in [7, 11) is -3.64. The number of piperidine rings is 1.